The molecule has 0 aliphatic rings. The third-order valence-electron chi connectivity index (χ3n) is 4.07. The molecule has 0 saturated carbocycles. The van der Waals surface area contributed by atoms with Gasteiger partial charge >= 0.3 is 0 Å². The fraction of sp³-hybridized carbons (Fsp3) is 0.263. The smallest absolute Gasteiger partial charge is 0.259 e. The second-order valence-corrected chi connectivity index (χ2v) is 8.43. The second kappa shape index (κ2) is 8.72. The lowest BCUT2D eigenvalue weighted by Crippen LogP contribution is -2.29. The van der Waals surface area contributed by atoms with Crippen LogP contribution < -0.4 is 4.74 Å². The fourth-order valence-electron chi connectivity index (χ4n) is 2.53. The molecule has 0 spiro atoms. The van der Waals surface area contributed by atoms with Crippen molar-refractivity contribution in [2.75, 3.05) is 20.2 Å². The Balaban J connectivity index is 1.66. The van der Waals surface area contributed by atoms with Gasteiger partial charge in [0.2, 0.25) is 10.0 Å². The normalized spacial score (nSPS) is 11.7. The number of benzene rings is 2. The number of nitrogens with zero attached hydrogens (tertiary/aromatic N) is 3. The van der Waals surface area contributed by atoms with Crippen LogP contribution in [0.1, 0.15) is 12.7 Å². The lowest BCUT2D eigenvalue weighted by atomic mass is 10.2. The molecule has 9 heteroatoms. The van der Waals surface area contributed by atoms with Crippen molar-refractivity contribution in [1.82, 2.24) is 14.4 Å². The zero-order valence-corrected chi connectivity index (χ0v) is 17.1. The van der Waals surface area contributed by atoms with E-state index >= 15 is 0 Å². The topological polar surface area (TPSA) is 85.5 Å². The maximum atomic E-state index is 12.7. The van der Waals surface area contributed by atoms with Crippen molar-refractivity contribution in [3.63, 3.8) is 0 Å². The molecule has 0 unspecified atom stereocenters. The van der Waals surface area contributed by atoms with Gasteiger partial charge in [0, 0.05) is 20.0 Å². The molecule has 1 aromatic heterocycles. The first-order valence-corrected chi connectivity index (χ1v) is 10.5. The maximum absolute atomic E-state index is 12.7. The molecule has 0 atom stereocenters. The van der Waals surface area contributed by atoms with E-state index in [1.54, 1.807) is 24.3 Å². The number of aromatic nitrogens is 2. The highest BCUT2D eigenvalue weighted by molar-refractivity contribution is 7.89. The van der Waals surface area contributed by atoms with Crippen molar-refractivity contribution in [3.05, 3.63) is 59.4 Å². The Morgan fingerprint density at radius 3 is 2.54 bits per heavy atom. The minimum Gasteiger partial charge on any atom is -0.494 e. The lowest BCUT2D eigenvalue weighted by Gasteiger charge is -2.16. The van der Waals surface area contributed by atoms with Crippen molar-refractivity contribution in [1.29, 1.82) is 0 Å². The summed E-state index contributed by atoms with van der Waals surface area (Å²) in [6, 6.07) is 13.5. The van der Waals surface area contributed by atoms with Crippen LogP contribution in [0.25, 0.3) is 11.5 Å². The van der Waals surface area contributed by atoms with Gasteiger partial charge < -0.3 is 9.26 Å². The monoisotopic (exact) mass is 421 g/mol. The fourth-order valence-corrected chi connectivity index (χ4v) is 3.92. The Kier molecular flexibility index (Phi) is 6.33. The molecule has 1 heterocycles. The molecule has 148 valence electrons. The quantitative estimate of drug-likeness (QED) is 0.551. The van der Waals surface area contributed by atoms with Gasteiger partial charge in [-0.25, -0.2) is 12.7 Å². The number of halogens is 1. The van der Waals surface area contributed by atoms with Crippen LogP contribution >= 0.6 is 11.6 Å². The van der Waals surface area contributed by atoms with E-state index in [4.69, 9.17) is 20.9 Å². The summed E-state index contributed by atoms with van der Waals surface area (Å²) in [4.78, 5) is 4.50. The van der Waals surface area contributed by atoms with E-state index < -0.39 is 10.0 Å². The lowest BCUT2D eigenvalue weighted by molar-refractivity contribution is 0.340. The van der Waals surface area contributed by atoms with Crippen LogP contribution in [-0.2, 0) is 16.4 Å². The van der Waals surface area contributed by atoms with Gasteiger partial charge in [0.25, 0.3) is 5.89 Å². The van der Waals surface area contributed by atoms with E-state index in [-0.39, 0.29) is 11.4 Å². The largest absolute Gasteiger partial charge is 0.494 e. The average molecular weight is 422 g/mol. The summed E-state index contributed by atoms with van der Waals surface area (Å²) < 4.78 is 37.2. The van der Waals surface area contributed by atoms with Crippen LogP contribution in [0.15, 0.2) is 57.9 Å². The van der Waals surface area contributed by atoms with Crippen molar-refractivity contribution in [3.8, 4) is 17.2 Å². The first kappa shape index (κ1) is 20.3. The van der Waals surface area contributed by atoms with Crippen LogP contribution in [0.5, 0.6) is 5.75 Å². The highest BCUT2D eigenvalue weighted by Crippen LogP contribution is 2.26. The van der Waals surface area contributed by atoms with E-state index in [9.17, 15) is 8.42 Å². The van der Waals surface area contributed by atoms with Crippen molar-refractivity contribution in [2.24, 2.45) is 0 Å². The van der Waals surface area contributed by atoms with Crippen LogP contribution in [0.3, 0.4) is 0 Å². The average Bonchev–Trinajstić information content (AvgIpc) is 3.16. The van der Waals surface area contributed by atoms with Gasteiger partial charge in [-0.3, -0.25) is 0 Å². The third kappa shape index (κ3) is 4.52. The molecule has 7 nitrogen and oxygen atoms in total. The molecular formula is C19H20ClN3O4S. The minimum absolute atomic E-state index is 0.198. The standard InChI is InChI=1S/C19H20ClN3O4S/c1-3-26-14-8-10-15(11-9-14)28(24,25)23(2)13-12-18-21-19(27-22-18)16-6-4-5-7-17(16)20/h4-11H,3,12-13H2,1-2H3. The van der Waals surface area contributed by atoms with Gasteiger partial charge in [-0.2, -0.15) is 4.98 Å². The molecule has 0 amide bonds. The molecular weight excluding hydrogens is 402 g/mol. The summed E-state index contributed by atoms with van der Waals surface area (Å²) in [7, 11) is -2.11. The first-order valence-electron chi connectivity index (χ1n) is 8.68. The van der Waals surface area contributed by atoms with E-state index in [0.29, 0.717) is 41.1 Å². The first-order chi connectivity index (χ1) is 13.4. The van der Waals surface area contributed by atoms with Gasteiger partial charge in [-0.05, 0) is 43.3 Å². The summed E-state index contributed by atoms with van der Waals surface area (Å²) in [5.41, 5.74) is 0.637. The van der Waals surface area contributed by atoms with E-state index in [0.717, 1.165) is 0 Å². The zero-order chi connectivity index (χ0) is 20.1. The van der Waals surface area contributed by atoms with Gasteiger partial charge in [0.05, 0.1) is 22.1 Å². The Labute approximate surface area is 168 Å². The number of rotatable bonds is 8. The number of sulfonamides is 1. The molecule has 28 heavy (non-hydrogen) atoms. The summed E-state index contributed by atoms with van der Waals surface area (Å²) in [5.74, 6) is 1.34. The molecule has 3 aromatic rings. The highest BCUT2D eigenvalue weighted by Gasteiger charge is 2.21. The van der Waals surface area contributed by atoms with Gasteiger partial charge in [0.15, 0.2) is 5.82 Å². The van der Waals surface area contributed by atoms with E-state index in [2.05, 4.69) is 10.1 Å². The molecule has 0 radical (unpaired) electrons. The van der Waals surface area contributed by atoms with Crippen LogP contribution in [0.2, 0.25) is 5.02 Å². The Morgan fingerprint density at radius 2 is 1.86 bits per heavy atom. The zero-order valence-electron chi connectivity index (χ0n) is 15.5. The molecule has 0 fully saturated rings. The van der Waals surface area contributed by atoms with Crippen molar-refractivity contribution >= 4 is 21.6 Å². The Bertz CT molecular complexity index is 1040. The van der Waals surface area contributed by atoms with Crippen LogP contribution in [0, 0.1) is 0 Å². The summed E-state index contributed by atoms with van der Waals surface area (Å²) in [6.45, 7) is 2.59. The summed E-state index contributed by atoms with van der Waals surface area (Å²) >= 11 is 6.13. The molecule has 0 bridgehead atoms. The van der Waals surface area contributed by atoms with Crippen LogP contribution in [0.4, 0.5) is 0 Å². The summed E-state index contributed by atoms with van der Waals surface area (Å²) in [5, 5.41) is 4.42. The Hall–Kier alpha value is -2.42. The molecule has 2 aromatic carbocycles. The SMILES string of the molecule is CCOc1ccc(S(=O)(=O)N(C)CCc2noc(-c3ccccc3Cl)n2)cc1. The van der Waals surface area contributed by atoms with Crippen molar-refractivity contribution in [2.45, 2.75) is 18.2 Å². The minimum atomic E-state index is -3.62. The number of hydrogen-bond acceptors (Lipinski definition) is 6. The second-order valence-electron chi connectivity index (χ2n) is 5.98. The number of hydrogen-bond donors (Lipinski definition) is 0. The molecule has 0 aliphatic carbocycles. The predicted octanol–water partition coefficient (Wildman–Crippen LogP) is 3.65. The van der Waals surface area contributed by atoms with E-state index in [1.807, 2.05) is 19.1 Å². The summed E-state index contributed by atoms with van der Waals surface area (Å²) in [6.07, 6.45) is 0.306. The molecule has 0 aliphatic heterocycles. The van der Waals surface area contributed by atoms with Gasteiger partial charge in [-0.15, -0.1) is 0 Å². The van der Waals surface area contributed by atoms with Gasteiger partial charge in [-0.1, -0.05) is 28.9 Å². The van der Waals surface area contributed by atoms with Crippen LogP contribution in [-0.4, -0.2) is 43.1 Å². The third-order valence-corrected chi connectivity index (χ3v) is 6.27. The molecule has 0 N–H and O–H groups in total. The van der Waals surface area contributed by atoms with Crippen molar-refractivity contribution < 1.29 is 17.7 Å². The predicted molar refractivity (Wildman–Crippen MR) is 106 cm³/mol. The van der Waals surface area contributed by atoms with E-state index in [1.165, 1.54) is 23.5 Å². The molecule has 0 saturated heterocycles. The number of ether oxygens (including phenoxy) is 1. The highest BCUT2D eigenvalue weighted by atomic mass is 35.5. The Morgan fingerprint density at radius 1 is 1.14 bits per heavy atom. The number of likely N-dealkylation sites (N-methyl/N-ethyl adjacent to an activating group) is 1. The maximum Gasteiger partial charge on any atom is 0.259 e. The van der Waals surface area contributed by atoms with Gasteiger partial charge in [0.1, 0.15) is 5.75 Å². The molecule has 3 rings (SSSR count).